The van der Waals surface area contributed by atoms with E-state index in [-0.39, 0.29) is 18.0 Å². The summed E-state index contributed by atoms with van der Waals surface area (Å²) in [5, 5.41) is 7.30. The standard InChI is InChI=1S/C15H22N2O6S/c1-15(2,3)23-14(19)17-10-13(18)22-9-8-11-4-6-12(7-5-11)24(16,20)21/h4-7H,8-10H2,1-3H3,(H,17,19)(H2,16,20,21). The highest BCUT2D eigenvalue weighted by molar-refractivity contribution is 7.89. The zero-order valence-corrected chi connectivity index (χ0v) is 14.7. The van der Waals surface area contributed by atoms with E-state index in [1.807, 2.05) is 0 Å². The van der Waals surface area contributed by atoms with Crippen LogP contribution in [0.25, 0.3) is 0 Å². The summed E-state index contributed by atoms with van der Waals surface area (Å²) in [5.74, 6) is -0.595. The highest BCUT2D eigenvalue weighted by Crippen LogP contribution is 2.09. The minimum atomic E-state index is -3.72. The average molecular weight is 358 g/mol. The van der Waals surface area contributed by atoms with Gasteiger partial charge in [-0.05, 0) is 38.5 Å². The molecule has 0 unspecified atom stereocenters. The van der Waals surface area contributed by atoms with Crippen molar-refractivity contribution in [3.8, 4) is 0 Å². The number of alkyl carbamates (subject to hydrolysis) is 1. The molecule has 0 fully saturated rings. The number of rotatable bonds is 6. The fraction of sp³-hybridized carbons (Fsp3) is 0.467. The number of amides is 1. The van der Waals surface area contributed by atoms with E-state index in [0.29, 0.717) is 6.42 Å². The summed E-state index contributed by atoms with van der Waals surface area (Å²) in [6.07, 6.45) is -0.290. The van der Waals surface area contributed by atoms with E-state index in [1.54, 1.807) is 32.9 Å². The van der Waals surface area contributed by atoms with Gasteiger partial charge < -0.3 is 14.8 Å². The van der Waals surface area contributed by atoms with Crippen LogP contribution < -0.4 is 10.5 Å². The Labute approximate surface area is 141 Å². The summed E-state index contributed by atoms with van der Waals surface area (Å²) < 4.78 is 32.2. The molecule has 0 atom stereocenters. The summed E-state index contributed by atoms with van der Waals surface area (Å²) in [6.45, 7) is 4.95. The first-order valence-electron chi connectivity index (χ1n) is 7.21. The third-order valence-electron chi connectivity index (χ3n) is 2.68. The number of primary sulfonamides is 1. The van der Waals surface area contributed by atoms with E-state index in [4.69, 9.17) is 14.6 Å². The Hall–Kier alpha value is -2.13. The van der Waals surface area contributed by atoms with Gasteiger partial charge in [0.2, 0.25) is 10.0 Å². The van der Waals surface area contributed by atoms with Crippen molar-refractivity contribution < 1.29 is 27.5 Å². The van der Waals surface area contributed by atoms with Crippen molar-refractivity contribution in [3.05, 3.63) is 29.8 Å². The van der Waals surface area contributed by atoms with Crippen LogP contribution >= 0.6 is 0 Å². The van der Waals surface area contributed by atoms with E-state index < -0.39 is 27.7 Å². The van der Waals surface area contributed by atoms with E-state index in [0.717, 1.165) is 5.56 Å². The monoisotopic (exact) mass is 358 g/mol. The van der Waals surface area contributed by atoms with Crippen LogP contribution in [0.5, 0.6) is 0 Å². The Kier molecular flexibility index (Phi) is 6.73. The zero-order valence-electron chi connectivity index (χ0n) is 13.9. The van der Waals surface area contributed by atoms with Crippen molar-refractivity contribution >= 4 is 22.1 Å². The van der Waals surface area contributed by atoms with Gasteiger partial charge in [-0.3, -0.25) is 4.79 Å². The van der Waals surface area contributed by atoms with Crippen molar-refractivity contribution in [1.29, 1.82) is 0 Å². The Morgan fingerprint density at radius 2 is 1.75 bits per heavy atom. The normalized spacial score (nSPS) is 11.7. The maximum Gasteiger partial charge on any atom is 0.408 e. The van der Waals surface area contributed by atoms with Crippen LogP contribution in [0.2, 0.25) is 0 Å². The molecule has 0 aliphatic carbocycles. The second-order valence-corrected chi connectivity index (χ2v) is 7.58. The largest absolute Gasteiger partial charge is 0.464 e. The van der Waals surface area contributed by atoms with Gasteiger partial charge in [0, 0.05) is 6.42 Å². The summed E-state index contributed by atoms with van der Waals surface area (Å²) in [7, 11) is -3.72. The molecule has 1 rings (SSSR count). The zero-order chi connectivity index (χ0) is 18.4. The molecule has 0 aliphatic rings. The quantitative estimate of drug-likeness (QED) is 0.729. The molecule has 0 aliphatic heterocycles. The van der Waals surface area contributed by atoms with Gasteiger partial charge >= 0.3 is 12.1 Å². The second-order valence-electron chi connectivity index (χ2n) is 6.01. The molecule has 0 aromatic heterocycles. The molecule has 9 heteroatoms. The Bertz CT molecular complexity index is 677. The van der Waals surface area contributed by atoms with Crippen LogP contribution in [0.15, 0.2) is 29.2 Å². The van der Waals surface area contributed by atoms with Gasteiger partial charge in [-0.25, -0.2) is 18.4 Å². The number of sulfonamides is 1. The molecular formula is C15H22N2O6S. The van der Waals surface area contributed by atoms with E-state index in [9.17, 15) is 18.0 Å². The third kappa shape index (κ3) is 7.93. The lowest BCUT2D eigenvalue weighted by Crippen LogP contribution is -2.36. The SMILES string of the molecule is CC(C)(C)OC(=O)NCC(=O)OCCc1ccc(S(N)(=O)=O)cc1. The number of nitrogens with two attached hydrogens (primary N) is 1. The van der Waals surface area contributed by atoms with Gasteiger partial charge in [0.15, 0.2) is 0 Å². The third-order valence-corrected chi connectivity index (χ3v) is 3.61. The lowest BCUT2D eigenvalue weighted by molar-refractivity contribution is -0.142. The first-order valence-corrected chi connectivity index (χ1v) is 8.76. The highest BCUT2D eigenvalue weighted by atomic mass is 32.2. The van der Waals surface area contributed by atoms with Gasteiger partial charge in [0.1, 0.15) is 12.1 Å². The summed E-state index contributed by atoms with van der Waals surface area (Å²) in [5.41, 5.74) is 0.146. The highest BCUT2D eigenvalue weighted by Gasteiger charge is 2.16. The molecule has 1 aromatic rings. The average Bonchev–Trinajstić information content (AvgIpc) is 2.43. The van der Waals surface area contributed by atoms with Crippen LogP contribution in [0.4, 0.5) is 4.79 Å². The molecule has 0 bridgehead atoms. The lowest BCUT2D eigenvalue weighted by Gasteiger charge is -2.19. The maximum absolute atomic E-state index is 11.5. The number of nitrogens with one attached hydrogen (secondary N) is 1. The van der Waals surface area contributed by atoms with E-state index >= 15 is 0 Å². The second kappa shape index (κ2) is 8.11. The summed E-state index contributed by atoms with van der Waals surface area (Å²) >= 11 is 0. The molecule has 1 amide bonds. The molecule has 0 saturated heterocycles. The molecule has 3 N–H and O–H groups in total. The Morgan fingerprint density at radius 1 is 1.17 bits per heavy atom. The number of esters is 1. The minimum Gasteiger partial charge on any atom is -0.464 e. The number of benzene rings is 1. The summed E-state index contributed by atoms with van der Waals surface area (Å²) in [4.78, 5) is 22.9. The Morgan fingerprint density at radius 3 is 2.25 bits per heavy atom. The molecule has 1 aromatic carbocycles. The van der Waals surface area contributed by atoms with Crippen molar-refractivity contribution in [2.24, 2.45) is 5.14 Å². The fourth-order valence-corrected chi connectivity index (χ4v) is 2.15. The Balaban J connectivity index is 2.32. The summed E-state index contributed by atoms with van der Waals surface area (Å²) in [6, 6.07) is 5.95. The van der Waals surface area contributed by atoms with Gasteiger partial charge in [-0.15, -0.1) is 0 Å². The van der Waals surface area contributed by atoms with Crippen LogP contribution in [-0.4, -0.2) is 39.2 Å². The maximum atomic E-state index is 11.5. The smallest absolute Gasteiger partial charge is 0.408 e. The van der Waals surface area contributed by atoms with Crippen LogP contribution in [0.3, 0.4) is 0 Å². The van der Waals surface area contributed by atoms with Gasteiger partial charge in [-0.1, -0.05) is 12.1 Å². The van der Waals surface area contributed by atoms with Crippen LogP contribution in [0, 0.1) is 0 Å². The number of hydrogen-bond donors (Lipinski definition) is 2. The van der Waals surface area contributed by atoms with Crippen LogP contribution in [-0.2, 0) is 30.7 Å². The lowest BCUT2D eigenvalue weighted by atomic mass is 10.2. The van der Waals surface area contributed by atoms with Crippen molar-refractivity contribution in [1.82, 2.24) is 5.32 Å². The first-order chi connectivity index (χ1) is 11.0. The molecular weight excluding hydrogens is 336 g/mol. The molecule has 0 heterocycles. The predicted octanol–water partition coefficient (Wildman–Crippen LogP) is 0.944. The number of carbonyl (C=O) groups is 2. The first kappa shape index (κ1) is 19.9. The minimum absolute atomic E-state index is 0.0183. The van der Waals surface area contributed by atoms with E-state index in [1.165, 1.54) is 12.1 Å². The van der Waals surface area contributed by atoms with Crippen molar-refractivity contribution in [3.63, 3.8) is 0 Å². The molecule has 24 heavy (non-hydrogen) atoms. The van der Waals surface area contributed by atoms with E-state index in [2.05, 4.69) is 5.32 Å². The molecule has 134 valence electrons. The molecule has 8 nitrogen and oxygen atoms in total. The van der Waals surface area contributed by atoms with Gasteiger partial charge in [0.25, 0.3) is 0 Å². The fourth-order valence-electron chi connectivity index (χ4n) is 1.64. The predicted molar refractivity (Wildman–Crippen MR) is 86.7 cm³/mol. The van der Waals surface area contributed by atoms with Gasteiger partial charge in [-0.2, -0.15) is 0 Å². The molecule has 0 spiro atoms. The molecule has 0 radical (unpaired) electrons. The van der Waals surface area contributed by atoms with Crippen LogP contribution in [0.1, 0.15) is 26.3 Å². The number of carbonyl (C=O) groups excluding carboxylic acids is 2. The number of ether oxygens (including phenoxy) is 2. The van der Waals surface area contributed by atoms with Crippen molar-refractivity contribution in [2.75, 3.05) is 13.2 Å². The molecule has 0 saturated carbocycles. The number of hydrogen-bond acceptors (Lipinski definition) is 6. The van der Waals surface area contributed by atoms with Crippen molar-refractivity contribution in [2.45, 2.75) is 37.7 Å². The van der Waals surface area contributed by atoms with Gasteiger partial charge in [0.05, 0.1) is 11.5 Å². The topological polar surface area (TPSA) is 125 Å².